The highest BCUT2D eigenvalue weighted by Crippen LogP contribution is 2.35. The van der Waals surface area contributed by atoms with Crippen LogP contribution in [0.15, 0.2) is 16.6 Å². The minimum atomic E-state index is -0.400. The molecule has 0 amide bonds. The zero-order valence-corrected chi connectivity index (χ0v) is 15.6. The Morgan fingerprint density at radius 1 is 1.23 bits per heavy atom. The van der Waals surface area contributed by atoms with Crippen LogP contribution in [0.5, 0.6) is 5.75 Å². The van der Waals surface area contributed by atoms with E-state index >= 15 is 0 Å². The molecular weight excluding hydrogens is 344 g/mol. The SMILES string of the molecule is Cc1cc(OC2CC(CC(=O)OC(C)(C)C)C2)cc(C)c1Br. The fourth-order valence-electron chi connectivity index (χ4n) is 2.72. The van der Waals surface area contributed by atoms with Gasteiger partial charge < -0.3 is 9.47 Å². The number of hydrogen-bond donors (Lipinski definition) is 0. The first-order valence-corrected chi connectivity index (χ1v) is 8.58. The molecule has 0 heterocycles. The first-order valence-electron chi connectivity index (χ1n) is 7.79. The number of carbonyl (C=O) groups excluding carboxylic acids is 1. The minimum Gasteiger partial charge on any atom is -0.490 e. The lowest BCUT2D eigenvalue weighted by Gasteiger charge is -2.35. The number of benzene rings is 1. The average Bonchev–Trinajstić information content (AvgIpc) is 2.30. The fourth-order valence-corrected chi connectivity index (χ4v) is 2.95. The standard InChI is InChI=1S/C18H25BrO3/c1-11-6-14(7-12(2)17(11)19)21-15-8-13(9-15)10-16(20)22-18(3,4)5/h6-7,13,15H,8-10H2,1-5H3. The van der Waals surface area contributed by atoms with E-state index in [1.165, 1.54) is 11.1 Å². The highest BCUT2D eigenvalue weighted by molar-refractivity contribution is 9.10. The van der Waals surface area contributed by atoms with Gasteiger partial charge in [0.2, 0.25) is 0 Å². The van der Waals surface area contributed by atoms with Crippen LogP contribution in [0.4, 0.5) is 0 Å². The van der Waals surface area contributed by atoms with E-state index < -0.39 is 5.60 Å². The Bertz CT molecular complexity index is 531. The van der Waals surface area contributed by atoms with E-state index in [0.29, 0.717) is 12.3 Å². The maximum Gasteiger partial charge on any atom is 0.306 e. The summed E-state index contributed by atoms with van der Waals surface area (Å²) in [5.41, 5.74) is 1.96. The van der Waals surface area contributed by atoms with Gasteiger partial charge in [-0.1, -0.05) is 15.9 Å². The molecule has 22 heavy (non-hydrogen) atoms. The molecular formula is C18H25BrO3. The Kier molecular flexibility index (Phi) is 5.21. The molecule has 4 heteroatoms. The van der Waals surface area contributed by atoms with Crippen LogP contribution in [-0.2, 0) is 9.53 Å². The number of halogens is 1. The second-order valence-electron chi connectivity index (χ2n) is 7.24. The van der Waals surface area contributed by atoms with Crippen LogP contribution in [0.3, 0.4) is 0 Å². The van der Waals surface area contributed by atoms with Crippen molar-refractivity contribution in [1.82, 2.24) is 0 Å². The molecule has 0 radical (unpaired) electrons. The van der Waals surface area contributed by atoms with Crippen LogP contribution in [0.25, 0.3) is 0 Å². The Morgan fingerprint density at radius 3 is 2.27 bits per heavy atom. The van der Waals surface area contributed by atoms with Crippen molar-refractivity contribution in [2.45, 2.75) is 65.6 Å². The van der Waals surface area contributed by atoms with Crippen molar-refractivity contribution < 1.29 is 14.3 Å². The summed E-state index contributed by atoms with van der Waals surface area (Å²) in [5.74, 6) is 1.20. The number of rotatable bonds is 4. The smallest absolute Gasteiger partial charge is 0.306 e. The second-order valence-corrected chi connectivity index (χ2v) is 8.03. The van der Waals surface area contributed by atoms with Crippen LogP contribution in [0.1, 0.15) is 51.2 Å². The largest absolute Gasteiger partial charge is 0.490 e. The normalized spacial score (nSPS) is 21.2. The van der Waals surface area contributed by atoms with Gasteiger partial charge in [0.05, 0.1) is 6.10 Å². The Labute approximate surface area is 141 Å². The Morgan fingerprint density at radius 2 is 1.77 bits per heavy atom. The van der Waals surface area contributed by atoms with Gasteiger partial charge in [-0.3, -0.25) is 4.79 Å². The van der Waals surface area contributed by atoms with E-state index in [2.05, 4.69) is 41.9 Å². The monoisotopic (exact) mass is 368 g/mol. The lowest BCUT2D eigenvalue weighted by molar-refractivity contribution is -0.157. The van der Waals surface area contributed by atoms with Gasteiger partial charge in [0.25, 0.3) is 0 Å². The van der Waals surface area contributed by atoms with Gasteiger partial charge in [-0.25, -0.2) is 0 Å². The van der Waals surface area contributed by atoms with Gasteiger partial charge in [0, 0.05) is 10.9 Å². The summed E-state index contributed by atoms with van der Waals surface area (Å²) in [5, 5.41) is 0. The van der Waals surface area contributed by atoms with Crippen molar-refractivity contribution >= 4 is 21.9 Å². The number of esters is 1. The first kappa shape index (κ1) is 17.3. The third-order valence-corrected chi connectivity index (χ3v) is 5.03. The maximum atomic E-state index is 11.8. The van der Waals surface area contributed by atoms with Gasteiger partial charge in [-0.15, -0.1) is 0 Å². The Balaban J connectivity index is 1.79. The van der Waals surface area contributed by atoms with Crippen LogP contribution >= 0.6 is 15.9 Å². The molecule has 0 N–H and O–H groups in total. The minimum absolute atomic E-state index is 0.105. The number of hydrogen-bond acceptors (Lipinski definition) is 3. The summed E-state index contributed by atoms with van der Waals surface area (Å²) < 4.78 is 12.5. The van der Waals surface area contributed by atoms with Gasteiger partial charge in [0.15, 0.2) is 0 Å². The molecule has 0 saturated heterocycles. The van der Waals surface area contributed by atoms with E-state index in [0.717, 1.165) is 23.1 Å². The molecule has 0 spiro atoms. The van der Waals surface area contributed by atoms with Crippen molar-refractivity contribution in [1.29, 1.82) is 0 Å². The number of aryl methyl sites for hydroxylation is 2. The van der Waals surface area contributed by atoms with Gasteiger partial charge >= 0.3 is 5.97 Å². The van der Waals surface area contributed by atoms with E-state index in [1.54, 1.807) is 0 Å². The molecule has 2 rings (SSSR count). The average molecular weight is 369 g/mol. The molecule has 1 aliphatic carbocycles. The fraction of sp³-hybridized carbons (Fsp3) is 0.611. The van der Waals surface area contributed by atoms with Gasteiger partial charge in [-0.05, 0) is 76.6 Å². The molecule has 0 aromatic heterocycles. The topological polar surface area (TPSA) is 35.5 Å². The van der Waals surface area contributed by atoms with Gasteiger partial charge in [-0.2, -0.15) is 0 Å². The summed E-state index contributed by atoms with van der Waals surface area (Å²) >= 11 is 3.56. The maximum absolute atomic E-state index is 11.8. The Hall–Kier alpha value is -1.03. The van der Waals surface area contributed by atoms with Gasteiger partial charge in [0.1, 0.15) is 11.4 Å². The lowest BCUT2D eigenvalue weighted by atomic mass is 9.80. The highest BCUT2D eigenvalue weighted by atomic mass is 79.9. The molecule has 1 fully saturated rings. The summed E-state index contributed by atoms with van der Waals surface area (Å²) in [6.07, 6.45) is 2.56. The van der Waals surface area contributed by atoms with Crippen molar-refractivity contribution in [3.05, 3.63) is 27.7 Å². The zero-order chi connectivity index (χ0) is 16.5. The van der Waals surface area contributed by atoms with E-state index in [9.17, 15) is 4.79 Å². The summed E-state index contributed by atoms with van der Waals surface area (Å²) in [4.78, 5) is 11.8. The van der Waals surface area contributed by atoms with Crippen molar-refractivity contribution in [2.24, 2.45) is 5.92 Å². The highest BCUT2D eigenvalue weighted by Gasteiger charge is 2.33. The second kappa shape index (κ2) is 6.61. The molecule has 1 aliphatic rings. The van der Waals surface area contributed by atoms with E-state index in [-0.39, 0.29) is 12.1 Å². The van der Waals surface area contributed by atoms with Crippen LogP contribution in [0, 0.1) is 19.8 Å². The number of carbonyl (C=O) groups is 1. The molecule has 0 aliphatic heterocycles. The summed E-state index contributed by atoms with van der Waals surface area (Å²) in [6.45, 7) is 9.83. The van der Waals surface area contributed by atoms with E-state index in [4.69, 9.17) is 9.47 Å². The predicted octanol–water partition coefficient (Wildman–Crippen LogP) is 4.96. The van der Waals surface area contributed by atoms with Crippen molar-refractivity contribution in [3.63, 3.8) is 0 Å². The molecule has 3 nitrogen and oxygen atoms in total. The predicted molar refractivity (Wildman–Crippen MR) is 91.2 cm³/mol. The quantitative estimate of drug-likeness (QED) is 0.704. The van der Waals surface area contributed by atoms with Crippen molar-refractivity contribution in [2.75, 3.05) is 0 Å². The van der Waals surface area contributed by atoms with E-state index in [1.807, 2.05) is 20.8 Å². The molecule has 122 valence electrons. The molecule has 0 unspecified atom stereocenters. The van der Waals surface area contributed by atoms with Crippen molar-refractivity contribution in [3.8, 4) is 5.75 Å². The first-order chi connectivity index (χ1) is 10.1. The molecule has 0 bridgehead atoms. The molecule has 1 aromatic rings. The third-order valence-electron chi connectivity index (χ3n) is 3.78. The third kappa shape index (κ3) is 4.73. The summed E-state index contributed by atoms with van der Waals surface area (Å²) in [7, 11) is 0. The molecule has 1 aromatic carbocycles. The van der Waals surface area contributed by atoms with Crippen LogP contribution in [-0.4, -0.2) is 17.7 Å². The molecule has 0 atom stereocenters. The van der Waals surface area contributed by atoms with Crippen LogP contribution in [0.2, 0.25) is 0 Å². The number of ether oxygens (including phenoxy) is 2. The van der Waals surface area contributed by atoms with Crippen LogP contribution < -0.4 is 4.74 Å². The lowest BCUT2D eigenvalue weighted by Crippen LogP contribution is -2.36. The zero-order valence-electron chi connectivity index (χ0n) is 14.0. The summed E-state index contributed by atoms with van der Waals surface area (Å²) in [6, 6.07) is 4.11. The molecule has 1 saturated carbocycles.